The van der Waals surface area contributed by atoms with E-state index >= 15 is 0 Å². The lowest BCUT2D eigenvalue weighted by atomic mass is 10.3. The van der Waals surface area contributed by atoms with E-state index in [2.05, 4.69) is 5.32 Å². The topological polar surface area (TPSA) is 52.6 Å². The number of carbonyl (C=O) groups excluding carboxylic acids is 1. The number of rotatable bonds is 6. The largest absolute Gasteiger partial charge is 0.395 e. The van der Waals surface area contributed by atoms with E-state index in [9.17, 15) is 4.79 Å². The summed E-state index contributed by atoms with van der Waals surface area (Å²) in [5.41, 5.74) is 1.22. The van der Waals surface area contributed by atoms with Gasteiger partial charge in [-0.1, -0.05) is 0 Å². The molecule has 0 unspecified atom stereocenters. The normalized spacial score (nSPS) is 10.8. The van der Waals surface area contributed by atoms with Crippen molar-refractivity contribution in [1.29, 1.82) is 0 Å². The molecule has 90 valence electrons. The number of nitrogens with one attached hydrogen (secondary N) is 1. The van der Waals surface area contributed by atoms with E-state index in [0.717, 1.165) is 0 Å². The average molecular weight is 242 g/mol. The number of nitrogens with zero attached hydrogens (tertiary/aromatic N) is 1. The Bertz CT molecular complexity index is 338. The summed E-state index contributed by atoms with van der Waals surface area (Å²) in [6.07, 6.45) is 0. The predicted octanol–water partition coefficient (Wildman–Crippen LogP) is 0.597. The highest BCUT2D eigenvalue weighted by molar-refractivity contribution is 7.10. The average Bonchev–Trinajstić information content (AvgIpc) is 2.61. The fraction of sp³-hybridized carbons (Fsp3) is 0.545. The number of likely N-dealkylation sites (N-methyl/N-ethyl adjacent to an activating group) is 1. The van der Waals surface area contributed by atoms with Gasteiger partial charge < -0.3 is 10.4 Å². The smallest absolute Gasteiger partial charge is 0.234 e. The molecule has 1 aromatic heterocycles. The third-order valence-electron chi connectivity index (χ3n) is 2.31. The first kappa shape index (κ1) is 13.2. The van der Waals surface area contributed by atoms with Crippen LogP contribution in [0.1, 0.15) is 10.4 Å². The maximum Gasteiger partial charge on any atom is 0.234 e. The highest BCUT2D eigenvalue weighted by atomic mass is 32.1. The van der Waals surface area contributed by atoms with E-state index in [4.69, 9.17) is 5.11 Å². The quantitative estimate of drug-likeness (QED) is 0.768. The van der Waals surface area contributed by atoms with E-state index in [1.54, 1.807) is 16.2 Å². The zero-order chi connectivity index (χ0) is 12.0. The Morgan fingerprint density at radius 2 is 2.38 bits per heavy atom. The molecule has 4 nitrogen and oxygen atoms in total. The molecule has 1 heterocycles. The van der Waals surface area contributed by atoms with Gasteiger partial charge in [0.15, 0.2) is 0 Å². The number of amides is 1. The summed E-state index contributed by atoms with van der Waals surface area (Å²) in [4.78, 5) is 14.5. The third kappa shape index (κ3) is 4.30. The molecule has 0 bridgehead atoms. The Morgan fingerprint density at radius 1 is 1.62 bits per heavy atom. The van der Waals surface area contributed by atoms with Gasteiger partial charge >= 0.3 is 0 Å². The lowest BCUT2D eigenvalue weighted by Gasteiger charge is -2.14. The van der Waals surface area contributed by atoms with Crippen LogP contribution in [0, 0.1) is 6.92 Å². The summed E-state index contributed by atoms with van der Waals surface area (Å²) < 4.78 is 0. The predicted molar refractivity (Wildman–Crippen MR) is 65.5 cm³/mol. The van der Waals surface area contributed by atoms with Crippen LogP contribution >= 0.6 is 11.3 Å². The minimum Gasteiger partial charge on any atom is -0.395 e. The second-order valence-corrected chi connectivity index (χ2v) is 4.77. The van der Waals surface area contributed by atoms with Gasteiger partial charge in [-0.2, -0.15) is 0 Å². The molecule has 0 spiro atoms. The van der Waals surface area contributed by atoms with E-state index in [-0.39, 0.29) is 12.5 Å². The van der Waals surface area contributed by atoms with Gasteiger partial charge in [0, 0.05) is 11.4 Å². The van der Waals surface area contributed by atoms with Crippen LogP contribution < -0.4 is 5.32 Å². The molecule has 16 heavy (non-hydrogen) atoms. The van der Waals surface area contributed by atoms with Crippen molar-refractivity contribution in [1.82, 2.24) is 10.2 Å². The molecule has 1 aromatic rings. The van der Waals surface area contributed by atoms with E-state index < -0.39 is 0 Å². The molecule has 0 aliphatic heterocycles. The minimum atomic E-state index is -0.0104. The molecular formula is C11H18N2O2S. The lowest BCUT2D eigenvalue weighted by molar-refractivity contribution is -0.122. The molecule has 0 saturated carbocycles. The van der Waals surface area contributed by atoms with Crippen LogP contribution in [0.2, 0.25) is 0 Å². The van der Waals surface area contributed by atoms with Gasteiger partial charge in [0.05, 0.1) is 19.7 Å². The molecule has 1 amide bonds. The molecule has 5 heteroatoms. The number of aryl methyl sites for hydroxylation is 1. The first-order chi connectivity index (χ1) is 7.63. The van der Waals surface area contributed by atoms with Gasteiger partial charge in [0.25, 0.3) is 0 Å². The second kappa shape index (κ2) is 6.62. The van der Waals surface area contributed by atoms with Crippen molar-refractivity contribution in [2.75, 3.05) is 26.7 Å². The highest BCUT2D eigenvalue weighted by Crippen LogP contribution is 2.14. The van der Waals surface area contributed by atoms with Crippen molar-refractivity contribution in [3.8, 4) is 0 Å². The van der Waals surface area contributed by atoms with Crippen LogP contribution in [0.4, 0.5) is 0 Å². The Hall–Kier alpha value is -0.910. The Balaban J connectivity index is 2.28. The summed E-state index contributed by atoms with van der Waals surface area (Å²) in [5, 5.41) is 13.6. The number of thiophene rings is 1. The van der Waals surface area contributed by atoms with Crippen molar-refractivity contribution in [3.05, 3.63) is 21.9 Å². The highest BCUT2D eigenvalue weighted by Gasteiger charge is 2.06. The third-order valence-corrected chi connectivity index (χ3v) is 3.33. The van der Waals surface area contributed by atoms with Crippen LogP contribution in [-0.2, 0) is 11.3 Å². The van der Waals surface area contributed by atoms with Crippen molar-refractivity contribution >= 4 is 17.2 Å². The van der Waals surface area contributed by atoms with Gasteiger partial charge in [-0.05, 0) is 31.0 Å². The zero-order valence-electron chi connectivity index (χ0n) is 9.69. The standard InChI is InChI=1S/C11H18N2O2S/c1-9-3-6-16-10(9)7-12-11(15)8-13(2)4-5-14/h3,6,14H,4-5,7-8H2,1-2H3,(H,12,15). The van der Waals surface area contributed by atoms with E-state index in [1.165, 1.54) is 10.4 Å². The second-order valence-electron chi connectivity index (χ2n) is 3.76. The molecule has 1 rings (SSSR count). The summed E-state index contributed by atoms with van der Waals surface area (Å²) in [5.74, 6) is -0.0104. The van der Waals surface area contributed by atoms with E-state index in [0.29, 0.717) is 19.6 Å². The van der Waals surface area contributed by atoms with Gasteiger partial charge in [-0.15, -0.1) is 11.3 Å². The summed E-state index contributed by atoms with van der Waals surface area (Å²) in [6, 6.07) is 2.05. The maximum absolute atomic E-state index is 11.5. The monoisotopic (exact) mass is 242 g/mol. The molecule has 0 atom stereocenters. The maximum atomic E-state index is 11.5. The zero-order valence-corrected chi connectivity index (χ0v) is 10.5. The summed E-state index contributed by atoms with van der Waals surface area (Å²) in [7, 11) is 1.81. The van der Waals surface area contributed by atoms with Crippen molar-refractivity contribution < 1.29 is 9.90 Å². The molecule has 0 aliphatic carbocycles. The first-order valence-electron chi connectivity index (χ1n) is 5.22. The molecule has 0 fully saturated rings. The summed E-state index contributed by atoms with van der Waals surface area (Å²) in [6.45, 7) is 3.55. The van der Waals surface area contributed by atoms with E-state index in [1.807, 2.05) is 25.4 Å². The Morgan fingerprint density at radius 3 is 2.94 bits per heavy atom. The molecule has 0 aromatic carbocycles. The number of aliphatic hydroxyl groups is 1. The van der Waals surface area contributed by atoms with Crippen LogP contribution in [0.5, 0.6) is 0 Å². The summed E-state index contributed by atoms with van der Waals surface area (Å²) >= 11 is 1.65. The number of hydrogen-bond donors (Lipinski definition) is 2. The van der Waals surface area contributed by atoms with Gasteiger partial charge in [0.2, 0.25) is 5.91 Å². The fourth-order valence-corrected chi connectivity index (χ4v) is 2.16. The van der Waals surface area contributed by atoms with Gasteiger partial charge in [-0.25, -0.2) is 0 Å². The van der Waals surface area contributed by atoms with Crippen LogP contribution in [0.25, 0.3) is 0 Å². The molecular weight excluding hydrogens is 224 g/mol. The van der Waals surface area contributed by atoms with Gasteiger partial charge in [-0.3, -0.25) is 9.69 Å². The molecule has 2 N–H and O–H groups in total. The van der Waals surface area contributed by atoms with Crippen molar-refractivity contribution in [2.45, 2.75) is 13.5 Å². The number of aliphatic hydroxyl groups excluding tert-OH is 1. The number of hydrogen-bond acceptors (Lipinski definition) is 4. The van der Waals surface area contributed by atoms with Crippen molar-refractivity contribution in [3.63, 3.8) is 0 Å². The first-order valence-corrected chi connectivity index (χ1v) is 6.10. The van der Waals surface area contributed by atoms with Crippen molar-refractivity contribution in [2.24, 2.45) is 0 Å². The number of carbonyl (C=O) groups is 1. The Labute approximate surface area is 99.9 Å². The minimum absolute atomic E-state index is 0.0104. The lowest BCUT2D eigenvalue weighted by Crippen LogP contribution is -2.36. The SMILES string of the molecule is Cc1ccsc1CNC(=O)CN(C)CCO. The van der Waals surface area contributed by atoms with Crippen LogP contribution in [-0.4, -0.2) is 42.7 Å². The fourth-order valence-electron chi connectivity index (χ4n) is 1.31. The molecule has 0 radical (unpaired) electrons. The van der Waals surface area contributed by atoms with Crippen LogP contribution in [0.15, 0.2) is 11.4 Å². The molecule has 0 aliphatic rings. The van der Waals surface area contributed by atoms with Gasteiger partial charge in [0.1, 0.15) is 0 Å². The molecule has 0 saturated heterocycles. The van der Waals surface area contributed by atoms with Crippen LogP contribution in [0.3, 0.4) is 0 Å². The Kier molecular flexibility index (Phi) is 5.45.